The van der Waals surface area contributed by atoms with E-state index in [2.05, 4.69) is 31.7 Å². The molecule has 9 heteroatoms. The second-order valence-electron chi connectivity index (χ2n) is 5.99. The van der Waals surface area contributed by atoms with Crippen LogP contribution in [0, 0.1) is 6.92 Å². The lowest BCUT2D eigenvalue weighted by molar-refractivity contribution is -0.114. The number of thioether (sulfide) groups is 1. The molecule has 2 amide bonds. The Labute approximate surface area is 180 Å². The molecule has 0 fully saturated rings. The minimum atomic E-state index is -0.245. The number of anilines is 2. The molecule has 1 heterocycles. The van der Waals surface area contributed by atoms with Crippen molar-refractivity contribution < 1.29 is 18.8 Å². The lowest BCUT2D eigenvalue weighted by Crippen LogP contribution is -2.18. The van der Waals surface area contributed by atoms with Crippen LogP contribution in [0.4, 0.5) is 11.5 Å². The van der Waals surface area contributed by atoms with Crippen molar-refractivity contribution in [1.82, 2.24) is 5.16 Å². The van der Waals surface area contributed by atoms with Gasteiger partial charge in [0.05, 0.1) is 11.5 Å². The number of aryl methyl sites for hydroxylation is 1. The largest absolute Gasteiger partial charge is 0.457 e. The Morgan fingerprint density at radius 2 is 1.59 bits per heavy atom. The molecule has 0 bridgehead atoms. The van der Waals surface area contributed by atoms with Crippen molar-refractivity contribution in [3.05, 3.63) is 64.8 Å². The van der Waals surface area contributed by atoms with Gasteiger partial charge in [0.15, 0.2) is 5.82 Å². The summed E-state index contributed by atoms with van der Waals surface area (Å²) in [5.41, 5.74) is 0.654. The third-order valence-electron chi connectivity index (χ3n) is 3.55. The number of hydrogen-bond donors (Lipinski definition) is 2. The number of nitrogens with one attached hydrogen (secondary N) is 2. The Kier molecular flexibility index (Phi) is 7.31. The SMILES string of the molecule is Cc1cc(NC(=O)CSCC(=O)Nc2ccc(Oc3ccc(Br)cc3)cc2)no1. The lowest BCUT2D eigenvalue weighted by Gasteiger charge is -2.08. The van der Waals surface area contributed by atoms with Crippen LogP contribution < -0.4 is 15.4 Å². The third-order valence-corrected chi connectivity index (χ3v) is 5.01. The first kappa shape index (κ1) is 20.9. The molecular formula is C20H18BrN3O4S. The number of amides is 2. The van der Waals surface area contributed by atoms with Gasteiger partial charge in [0.2, 0.25) is 11.8 Å². The van der Waals surface area contributed by atoms with Gasteiger partial charge in [-0.15, -0.1) is 11.8 Å². The van der Waals surface area contributed by atoms with Gasteiger partial charge in [-0.1, -0.05) is 21.1 Å². The van der Waals surface area contributed by atoms with Crippen LogP contribution in [0.5, 0.6) is 11.5 Å². The van der Waals surface area contributed by atoms with E-state index in [1.807, 2.05) is 24.3 Å². The van der Waals surface area contributed by atoms with Crippen molar-refractivity contribution in [2.75, 3.05) is 22.1 Å². The third kappa shape index (κ3) is 6.95. The number of halogens is 1. The predicted octanol–water partition coefficient (Wildman–Crippen LogP) is 4.85. The molecule has 3 aromatic rings. The average Bonchev–Trinajstić information content (AvgIpc) is 3.09. The topological polar surface area (TPSA) is 93.5 Å². The summed E-state index contributed by atoms with van der Waals surface area (Å²) in [5.74, 6) is 2.22. The zero-order valence-electron chi connectivity index (χ0n) is 15.5. The molecule has 0 aliphatic heterocycles. The number of carbonyl (C=O) groups excluding carboxylic acids is 2. The average molecular weight is 476 g/mol. The summed E-state index contributed by atoms with van der Waals surface area (Å²) < 4.78 is 11.6. The van der Waals surface area contributed by atoms with E-state index in [0.717, 1.165) is 10.2 Å². The predicted molar refractivity (Wildman–Crippen MR) is 116 cm³/mol. The second-order valence-corrected chi connectivity index (χ2v) is 7.89. The Balaban J connectivity index is 1.39. The quantitative estimate of drug-likeness (QED) is 0.483. The summed E-state index contributed by atoms with van der Waals surface area (Å²) in [6, 6.07) is 16.2. The van der Waals surface area contributed by atoms with Gasteiger partial charge in [-0.05, 0) is 55.5 Å². The summed E-state index contributed by atoms with van der Waals surface area (Å²) in [6.45, 7) is 1.74. The van der Waals surface area contributed by atoms with E-state index in [0.29, 0.717) is 23.0 Å². The number of aromatic nitrogens is 1. The molecular weight excluding hydrogens is 458 g/mol. The van der Waals surface area contributed by atoms with E-state index in [4.69, 9.17) is 9.26 Å². The van der Waals surface area contributed by atoms with Crippen LogP contribution >= 0.6 is 27.7 Å². The van der Waals surface area contributed by atoms with Crippen LogP contribution in [0.1, 0.15) is 5.76 Å². The first-order valence-corrected chi connectivity index (χ1v) is 10.6. The Bertz CT molecular complexity index is 974. The molecule has 29 heavy (non-hydrogen) atoms. The normalized spacial score (nSPS) is 10.4. The number of nitrogens with zero attached hydrogens (tertiary/aromatic N) is 1. The lowest BCUT2D eigenvalue weighted by atomic mass is 10.3. The van der Waals surface area contributed by atoms with Crippen molar-refractivity contribution in [2.45, 2.75) is 6.92 Å². The maximum atomic E-state index is 12.0. The summed E-state index contributed by atoms with van der Waals surface area (Å²) in [6.07, 6.45) is 0. The maximum Gasteiger partial charge on any atom is 0.235 e. The zero-order valence-corrected chi connectivity index (χ0v) is 17.9. The molecule has 0 saturated heterocycles. The number of benzene rings is 2. The van der Waals surface area contributed by atoms with E-state index in [1.165, 1.54) is 11.8 Å². The minimum absolute atomic E-state index is 0.138. The highest BCUT2D eigenvalue weighted by Crippen LogP contribution is 2.24. The van der Waals surface area contributed by atoms with Crippen LogP contribution in [-0.2, 0) is 9.59 Å². The van der Waals surface area contributed by atoms with Crippen molar-refractivity contribution in [3.8, 4) is 11.5 Å². The molecule has 1 aromatic heterocycles. The van der Waals surface area contributed by atoms with Gasteiger partial charge in [0.1, 0.15) is 17.3 Å². The second kappa shape index (κ2) is 10.1. The van der Waals surface area contributed by atoms with Crippen molar-refractivity contribution in [3.63, 3.8) is 0 Å². The van der Waals surface area contributed by atoms with Crippen LogP contribution in [0.3, 0.4) is 0 Å². The van der Waals surface area contributed by atoms with Gasteiger partial charge in [0, 0.05) is 16.2 Å². The van der Waals surface area contributed by atoms with E-state index in [-0.39, 0.29) is 23.3 Å². The van der Waals surface area contributed by atoms with Crippen LogP contribution in [-0.4, -0.2) is 28.5 Å². The summed E-state index contributed by atoms with van der Waals surface area (Å²) >= 11 is 4.59. The molecule has 0 spiro atoms. The molecule has 2 N–H and O–H groups in total. The van der Waals surface area contributed by atoms with E-state index in [9.17, 15) is 9.59 Å². The molecule has 7 nitrogen and oxygen atoms in total. The van der Waals surface area contributed by atoms with Crippen molar-refractivity contribution in [1.29, 1.82) is 0 Å². The number of hydrogen-bond acceptors (Lipinski definition) is 6. The van der Waals surface area contributed by atoms with Crippen LogP contribution in [0.15, 0.2) is 63.6 Å². The van der Waals surface area contributed by atoms with Gasteiger partial charge in [-0.25, -0.2) is 0 Å². The highest BCUT2D eigenvalue weighted by atomic mass is 79.9. The zero-order chi connectivity index (χ0) is 20.6. The van der Waals surface area contributed by atoms with E-state index >= 15 is 0 Å². The Morgan fingerprint density at radius 3 is 2.17 bits per heavy atom. The van der Waals surface area contributed by atoms with Gasteiger partial charge in [0.25, 0.3) is 0 Å². The number of carbonyl (C=O) groups is 2. The standard InChI is InChI=1S/C20H18BrN3O4S/c1-13-10-18(24-28-13)23-20(26)12-29-11-19(25)22-15-4-8-17(9-5-15)27-16-6-2-14(21)3-7-16/h2-10H,11-12H2,1H3,(H,22,25)(H,23,24,26). The Morgan fingerprint density at radius 1 is 1.00 bits per heavy atom. The highest BCUT2D eigenvalue weighted by molar-refractivity contribution is 9.10. The molecule has 0 radical (unpaired) electrons. The molecule has 2 aromatic carbocycles. The van der Waals surface area contributed by atoms with Crippen molar-refractivity contribution in [2.24, 2.45) is 0 Å². The fourth-order valence-electron chi connectivity index (χ4n) is 2.28. The van der Waals surface area contributed by atoms with Gasteiger partial charge < -0.3 is 19.9 Å². The molecule has 0 aliphatic carbocycles. The van der Waals surface area contributed by atoms with Gasteiger partial charge in [-0.3, -0.25) is 9.59 Å². The van der Waals surface area contributed by atoms with E-state index < -0.39 is 0 Å². The summed E-state index contributed by atoms with van der Waals surface area (Å²) in [7, 11) is 0. The number of ether oxygens (including phenoxy) is 1. The smallest absolute Gasteiger partial charge is 0.235 e. The fraction of sp³-hybridized carbons (Fsp3) is 0.150. The first-order chi connectivity index (χ1) is 14.0. The molecule has 0 saturated carbocycles. The summed E-state index contributed by atoms with van der Waals surface area (Å²) in [5, 5.41) is 9.07. The first-order valence-electron chi connectivity index (χ1n) is 8.62. The van der Waals surface area contributed by atoms with Crippen LogP contribution in [0.25, 0.3) is 0 Å². The fourth-order valence-corrected chi connectivity index (χ4v) is 3.16. The molecule has 0 unspecified atom stereocenters. The van der Waals surface area contributed by atoms with Gasteiger partial charge >= 0.3 is 0 Å². The highest BCUT2D eigenvalue weighted by Gasteiger charge is 2.09. The molecule has 0 atom stereocenters. The van der Waals surface area contributed by atoms with Crippen molar-refractivity contribution >= 4 is 51.0 Å². The van der Waals surface area contributed by atoms with E-state index in [1.54, 1.807) is 37.3 Å². The minimum Gasteiger partial charge on any atom is -0.457 e. The number of rotatable bonds is 8. The molecule has 150 valence electrons. The Hall–Kier alpha value is -2.78. The molecule has 3 rings (SSSR count). The maximum absolute atomic E-state index is 12.0. The monoisotopic (exact) mass is 475 g/mol. The molecule has 0 aliphatic rings. The van der Waals surface area contributed by atoms with Gasteiger partial charge in [-0.2, -0.15) is 0 Å². The van der Waals surface area contributed by atoms with Crippen LogP contribution in [0.2, 0.25) is 0 Å². The summed E-state index contributed by atoms with van der Waals surface area (Å²) in [4.78, 5) is 23.8.